The fraction of sp³-hybridized carbons (Fsp3) is 0.500. The molecule has 0 atom stereocenters. The maximum absolute atomic E-state index is 13.4. The van der Waals surface area contributed by atoms with E-state index < -0.39 is 198 Å². The van der Waals surface area contributed by atoms with Gasteiger partial charge in [0.2, 0.25) is 11.2 Å². The zero-order valence-corrected chi connectivity index (χ0v) is 56.3. The Morgan fingerprint density at radius 2 is 0.500 bits per heavy atom. The third kappa shape index (κ3) is 42.2. The second-order valence-electron chi connectivity index (χ2n) is 21.6. The van der Waals surface area contributed by atoms with Crippen LogP contribution in [0.5, 0.6) is 0 Å². The molecular weight excluding hydrogens is 1320 g/mol. The van der Waals surface area contributed by atoms with Gasteiger partial charge < -0.3 is 86.4 Å². The second kappa shape index (κ2) is 52.6. The van der Waals surface area contributed by atoms with E-state index in [2.05, 4.69) is 76.4 Å². The lowest BCUT2D eigenvalue weighted by Crippen LogP contribution is -2.52. The summed E-state index contributed by atoms with van der Waals surface area (Å²) in [5.41, 5.74) is -7.35. The molecule has 0 heterocycles. The molecular formula is C68H92N2O30. The van der Waals surface area contributed by atoms with E-state index in [0.29, 0.717) is 64.2 Å². The van der Waals surface area contributed by atoms with E-state index in [-0.39, 0.29) is 39.1 Å². The van der Waals surface area contributed by atoms with Crippen LogP contribution in [0.1, 0.15) is 77.0 Å². The summed E-state index contributed by atoms with van der Waals surface area (Å²) in [6, 6.07) is 0. The number of amides is 2. The number of hydrogen-bond acceptors (Lipinski definition) is 30. The van der Waals surface area contributed by atoms with E-state index >= 15 is 0 Å². The Morgan fingerprint density at radius 3 is 0.810 bits per heavy atom. The van der Waals surface area contributed by atoms with Crippen LogP contribution in [0.25, 0.3) is 0 Å². The van der Waals surface area contributed by atoms with E-state index in [0.717, 1.165) is 60.8 Å². The van der Waals surface area contributed by atoms with Gasteiger partial charge in [-0.1, -0.05) is 104 Å². The molecule has 100 heavy (non-hydrogen) atoms. The molecule has 2 N–H and O–H groups in total. The molecule has 0 saturated carbocycles. The first-order valence-corrected chi connectivity index (χ1v) is 31.1. The molecule has 0 aromatic carbocycles. The number of carbonyl (C=O) groups excluding carboxylic acids is 14. The SMILES string of the molecule is C=CC(=O)OCC(COCC(COC(=O)C=C)(COC(=O)C=C)OC(=O)CCCCCCCNC(=O)OCCOC(=O)CCCCCCCNC(=O)OC(COCC(COC(=O)C=C)(COC(=O)C=C)COC(=O)C=C)(COC(=O)C=C)COC(=O)C=C)(COC(=O)C=C)COC(=O)C=C. The highest BCUT2D eigenvalue weighted by Crippen LogP contribution is 2.27. The van der Waals surface area contributed by atoms with Gasteiger partial charge in [0, 0.05) is 86.7 Å². The van der Waals surface area contributed by atoms with Gasteiger partial charge in [-0.15, -0.1) is 0 Å². The van der Waals surface area contributed by atoms with Gasteiger partial charge in [-0.05, 0) is 25.7 Å². The Kier molecular flexibility index (Phi) is 47.1. The van der Waals surface area contributed by atoms with Crippen molar-refractivity contribution < 1.29 is 143 Å². The molecule has 554 valence electrons. The van der Waals surface area contributed by atoms with E-state index in [4.69, 9.17) is 75.8 Å². The average molecular weight is 1420 g/mol. The van der Waals surface area contributed by atoms with Crippen molar-refractivity contribution in [3.8, 4) is 0 Å². The molecule has 32 nitrogen and oxygen atoms in total. The second-order valence-corrected chi connectivity index (χ2v) is 21.6. The van der Waals surface area contributed by atoms with Gasteiger partial charge in [0.25, 0.3) is 0 Å². The maximum atomic E-state index is 13.4. The van der Waals surface area contributed by atoms with Crippen LogP contribution < -0.4 is 10.6 Å². The van der Waals surface area contributed by atoms with Crippen LogP contribution in [-0.2, 0) is 133 Å². The van der Waals surface area contributed by atoms with Crippen molar-refractivity contribution in [3.05, 3.63) is 127 Å². The lowest BCUT2D eigenvalue weighted by atomic mass is 9.92. The molecule has 0 aromatic rings. The maximum Gasteiger partial charge on any atom is 0.408 e. The van der Waals surface area contributed by atoms with Crippen molar-refractivity contribution >= 4 is 83.8 Å². The lowest BCUT2D eigenvalue weighted by Gasteiger charge is -2.35. The van der Waals surface area contributed by atoms with Crippen LogP contribution in [0.3, 0.4) is 0 Å². The molecule has 0 unspecified atom stereocenters. The summed E-state index contributed by atoms with van der Waals surface area (Å²) in [7, 11) is 0. The molecule has 0 aliphatic carbocycles. The zero-order valence-electron chi connectivity index (χ0n) is 56.3. The van der Waals surface area contributed by atoms with Crippen molar-refractivity contribution in [1.82, 2.24) is 10.6 Å². The number of alkyl carbamates (subject to hydrolysis) is 2. The summed E-state index contributed by atoms with van der Waals surface area (Å²) in [5, 5.41) is 5.15. The summed E-state index contributed by atoms with van der Waals surface area (Å²) in [4.78, 5) is 173. The first kappa shape index (κ1) is 89.5. The molecule has 0 fully saturated rings. The predicted octanol–water partition coefficient (Wildman–Crippen LogP) is 4.98. The normalized spacial score (nSPS) is 10.8. The lowest BCUT2D eigenvalue weighted by molar-refractivity contribution is -0.197. The van der Waals surface area contributed by atoms with E-state index in [9.17, 15) is 67.1 Å². The standard InChI is InChI=1S/C68H92N2O30/c1-11-51(71)89-39-65(40-90-52(72)12-2,41-91-53(73)13-3)37-85-45-67(47-95-57(77)17-7,48-96-58(78)18-8)99-62(82)32-28-24-22-25-29-33-69-63(83)88-36-35-87-61(81)31-27-23-21-26-30-34-70-64(84)100-68(49-97-59(79)19-9,50-98-60(80)20-10)46-86-38-66(42-92-54(74)14-4,43-93-55(75)15-5)44-94-56(76)16-6/h11-20H,1-10,21-50H2,(H,69,83)(H,70,84). The monoisotopic (exact) mass is 1420 g/mol. The Bertz CT molecular complexity index is 2470. The first-order chi connectivity index (χ1) is 47.7. The van der Waals surface area contributed by atoms with Crippen molar-refractivity contribution in [2.24, 2.45) is 10.8 Å². The Balaban J connectivity index is 5.29. The minimum Gasteiger partial charge on any atom is -0.462 e. The van der Waals surface area contributed by atoms with Gasteiger partial charge in [-0.25, -0.2) is 57.5 Å². The number of unbranched alkanes of at least 4 members (excludes halogenated alkanes) is 8. The van der Waals surface area contributed by atoms with Crippen molar-refractivity contribution in [3.63, 3.8) is 0 Å². The topological polar surface area (TPSA) is 411 Å². The highest BCUT2D eigenvalue weighted by atomic mass is 16.7. The van der Waals surface area contributed by atoms with Crippen LogP contribution >= 0.6 is 0 Å². The molecule has 32 heteroatoms. The molecule has 0 spiro atoms. The van der Waals surface area contributed by atoms with Gasteiger partial charge in [-0.2, -0.15) is 0 Å². The highest BCUT2D eigenvalue weighted by molar-refractivity contribution is 5.85. The number of carbonyl (C=O) groups is 14. The quantitative estimate of drug-likeness (QED) is 0.0351. The smallest absolute Gasteiger partial charge is 0.408 e. The van der Waals surface area contributed by atoms with Crippen molar-refractivity contribution in [2.75, 3.05) is 119 Å². The Morgan fingerprint density at radius 1 is 0.250 bits per heavy atom. The molecule has 0 aromatic heterocycles. The van der Waals surface area contributed by atoms with Crippen molar-refractivity contribution in [2.45, 2.75) is 88.3 Å². The van der Waals surface area contributed by atoms with Crippen LogP contribution in [0.2, 0.25) is 0 Å². The molecule has 2 amide bonds. The summed E-state index contributed by atoms with van der Waals surface area (Å²) in [6.07, 6.45) is 11.9. The van der Waals surface area contributed by atoms with Gasteiger partial charge in [0.15, 0.2) is 0 Å². The number of nitrogens with one attached hydrogen (secondary N) is 2. The highest BCUT2D eigenvalue weighted by Gasteiger charge is 2.44. The van der Waals surface area contributed by atoms with Crippen LogP contribution in [0.4, 0.5) is 9.59 Å². The summed E-state index contributed by atoms with van der Waals surface area (Å²) >= 11 is 0. The van der Waals surface area contributed by atoms with Gasteiger partial charge in [0.1, 0.15) is 79.3 Å². The van der Waals surface area contributed by atoms with Gasteiger partial charge in [-0.3, -0.25) is 9.59 Å². The molecule has 0 radical (unpaired) electrons. The molecule has 0 aliphatic rings. The third-order valence-electron chi connectivity index (χ3n) is 13.1. The van der Waals surface area contributed by atoms with Crippen molar-refractivity contribution in [1.29, 1.82) is 0 Å². The molecule has 0 saturated heterocycles. The fourth-order valence-electron chi connectivity index (χ4n) is 7.75. The van der Waals surface area contributed by atoms with E-state index in [1.807, 2.05) is 0 Å². The fourth-order valence-corrected chi connectivity index (χ4v) is 7.75. The summed E-state index contributed by atoms with van der Waals surface area (Å²) in [6.45, 7) is 24.4. The van der Waals surface area contributed by atoms with Crippen LogP contribution in [-0.4, -0.2) is 214 Å². The number of rotatable bonds is 59. The zero-order chi connectivity index (χ0) is 75.1. The van der Waals surface area contributed by atoms with E-state index in [1.165, 1.54) is 0 Å². The predicted molar refractivity (Wildman–Crippen MR) is 350 cm³/mol. The minimum absolute atomic E-state index is 0.0734. The number of ether oxygens (including phenoxy) is 16. The third-order valence-corrected chi connectivity index (χ3v) is 13.1. The van der Waals surface area contributed by atoms with Crippen LogP contribution in [0.15, 0.2) is 127 Å². The van der Waals surface area contributed by atoms with Gasteiger partial charge >= 0.3 is 83.8 Å². The molecule has 0 rings (SSSR count). The Labute approximate surface area is 579 Å². The molecule has 0 aliphatic heterocycles. The first-order valence-electron chi connectivity index (χ1n) is 31.1. The van der Waals surface area contributed by atoms with Crippen LogP contribution in [0, 0.1) is 10.8 Å². The summed E-state index contributed by atoms with van der Waals surface area (Å²) in [5.74, 6) is -10.5. The Hall–Kier alpha value is -10.5. The van der Waals surface area contributed by atoms with E-state index in [1.54, 1.807) is 0 Å². The average Bonchev–Trinajstić information content (AvgIpc) is 0.847. The van der Waals surface area contributed by atoms with Gasteiger partial charge in [0.05, 0.1) is 37.3 Å². The largest absolute Gasteiger partial charge is 0.462 e. The number of hydrogen-bond donors (Lipinski definition) is 2. The molecule has 0 bridgehead atoms. The number of esters is 12. The minimum atomic E-state index is -2.08. The summed E-state index contributed by atoms with van der Waals surface area (Å²) < 4.78 is 85.8.